The van der Waals surface area contributed by atoms with Gasteiger partial charge < -0.3 is 19.1 Å². The van der Waals surface area contributed by atoms with Gasteiger partial charge in [-0.2, -0.15) is 0 Å². The summed E-state index contributed by atoms with van der Waals surface area (Å²) in [6, 6.07) is 11.8. The summed E-state index contributed by atoms with van der Waals surface area (Å²) < 4.78 is 48.3. The number of carbonyl (C=O) groups is 2. The van der Waals surface area contributed by atoms with Gasteiger partial charge in [0.2, 0.25) is 10.0 Å². The molecule has 2 aromatic carbocycles. The van der Waals surface area contributed by atoms with Crippen molar-refractivity contribution in [2.45, 2.75) is 87.5 Å². The minimum atomic E-state index is -3.98. The molecule has 2 bridgehead atoms. The predicted octanol–water partition coefficient (Wildman–Crippen LogP) is 5.59. The van der Waals surface area contributed by atoms with Gasteiger partial charge >= 0.3 is 5.97 Å². The highest BCUT2D eigenvalue weighted by molar-refractivity contribution is 7.90. The largest absolute Gasteiger partial charge is 0.490 e. The lowest BCUT2D eigenvalue weighted by molar-refractivity contribution is -0.150. The van der Waals surface area contributed by atoms with Crippen molar-refractivity contribution in [3.8, 4) is 5.75 Å². The summed E-state index contributed by atoms with van der Waals surface area (Å²) in [6.45, 7) is 10.3. The molecule has 0 unspecified atom stereocenters. The van der Waals surface area contributed by atoms with Crippen LogP contribution in [0.15, 0.2) is 48.6 Å². The normalized spacial score (nSPS) is 34.5. The molecule has 8 rings (SSSR count). The Morgan fingerprint density at radius 1 is 1.02 bits per heavy atom. The Bertz CT molecular complexity index is 1950. The van der Waals surface area contributed by atoms with Crippen molar-refractivity contribution in [3.63, 3.8) is 0 Å². The number of nitrogens with one attached hydrogen (secondary N) is 1. The second kappa shape index (κ2) is 15.9. The van der Waals surface area contributed by atoms with Crippen molar-refractivity contribution in [1.29, 1.82) is 0 Å². The Hall–Kier alpha value is -3.16. The summed E-state index contributed by atoms with van der Waals surface area (Å²) in [7, 11) is -2.15. The molecule has 1 saturated carbocycles. The Kier molecular flexibility index (Phi) is 11.2. The van der Waals surface area contributed by atoms with Crippen LogP contribution in [0, 0.1) is 17.8 Å². The Morgan fingerprint density at radius 3 is 2.59 bits per heavy atom. The van der Waals surface area contributed by atoms with Gasteiger partial charge in [-0.3, -0.25) is 19.4 Å². The number of cyclic esters (lactones) is 1. The fourth-order valence-corrected chi connectivity index (χ4v) is 11.9. The monoisotopic (exact) mass is 808 g/mol. The van der Waals surface area contributed by atoms with Crippen molar-refractivity contribution in [1.82, 2.24) is 14.5 Å². The molecule has 3 fully saturated rings. The van der Waals surface area contributed by atoms with Crippen LogP contribution in [0.2, 0.25) is 5.02 Å². The number of anilines is 1. The van der Waals surface area contributed by atoms with Crippen LogP contribution in [-0.4, -0.2) is 113 Å². The minimum Gasteiger partial charge on any atom is -0.490 e. The molecule has 4 heterocycles. The molecule has 1 amide bonds. The summed E-state index contributed by atoms with van der Waals surface area (Å²) in [5, 5.41) is -0.0673. The van der Waals surface area contributed by atoms with Crippen molar-refractivity contribution < 1.29 is 32.2 Å². The van der Waals surface area contributed by atoms with Gasteiger partial charge in [0.15, 0.2) is 0 Å². The molecule has 11 nitrogen and oxygen atoms in total. The number of carbonyl (C=O) groups excluding carboxylic acids is 2. The van der Waals surface area contributed by atoms with Gasteiger partial charge in [0.1, 0.15) is 11.4 Å². The number of fused-ring (bicyclic) bond motifs is 4. The first kappa shape index (κ1) is 39.7. The van der Waals surface area contributed by atoms with E-state index in [1.807, 2.05) is 32.2 Å². The van der Waals surface area contributed by atoms with Crippen molar-refractivity contribution in [2.75, 3.05) is 71.0 Å². The zero-order valence-corrected chi connectivity index (χ0v) is 34.6. The van der Waals surface area contributed by atoms with Gasteiger partial charge in [-0.05, 0) is 111 Å². The highest BCUT2D eigenvalue weighted by atomic mass is 35.5. The van der Waals surface area contributed by atoms with Crippen LogP contribution in [0.4, 0.5) is 5.69 Å². The number of ether oxygens (including phenoxy) is 3. The molecule has 4 aliphatic heterocycles. The summed E-state index contributed by atoms with van der Waals surface area (Å²) in [5.41, 5.74) is 2.75. The number of rotatable bonds is 4. The highest BCUT2D eigenvalue weighted by Crippen LogP contribution is 2.49. The second-order valence-corrected chi connectivity index (χ2v) is 19.8. The number of hydrogen-bond donors (Lipinski definition) is 1. The molecule has 1 spiro atoms. The molecule has 2 aliphatic carbocycles. The zero-order valence-electron chi connectivity index (χ0n) is 33.0. The van der Waals surface area contributed by atoms with Gasteiger partial charge in [0.05, 0.1) is 30.6 Å². The number of sulfonamides is 1. The lowest BCUT2D eigenvalue weighted by Gasteiger charge is -2.52. The molecule has 304 valence electrons. The standard InChI is InChI=1S/C43H57ClN4O7S/c1-29-6-4-16-43(53-3,27-46-17-19-47(20-18-46)35-14-21-54-40(49)24-35)37-11-8-33(37)25-48-26-42(15-5-7-31-22-34(44)10-12-36(31)42)28-55-39-13-9-32(23-38(39)48)41(50)45-56(51,52)30(29)2/h4,9-10,12-13,16,22-23,29-30,33,35,37H,5-8,11,14-15,17-21,24-28H2,1-3H3,(H,45,50)/b16-4+/t29-,30+,33-,35+,37+,42-,43+/m0/s1. The first-order valence-electron chi connectivity index (χ1n) is 20.6. The molecular weight excluding hydrogens is 752 g/mol. The first-order valence-corrected chi connectivity index (χ1v) is 22.5. The number of piperazine rings is 1. The molecule has 0 aromatic heterocycles. The number of hydrogen-bond acceptors (Lipinski definition) is 10. The number of amides is 1. The maximum atomic E-state index is 13.7. The summed E-state index contributed by atoms with van der Waals surface area (Å²) >= 11 is 6.51. The summed E-state index contributed by atoms with van der Waals surface area (Å²) in [5.74, 6) is 0.227. The van der Waals surface area contributed by atoms with E-state index in [4.69, 9.17) is 25.8 Å². The Balaban J connectivity index is 1.14. The van der Waals surface area contributed by atoms with Crippen LogP contribution in [-0.2, 0) is 36.1 Å². The second-order valence-electron chi connectivity index (χ2n) is 17.4. The number of benzene rings is 2. The third-order valence-electron chi connectivity index (χ3n) is 14.1. The van der Waals surface area contributed by atoms with E-state index in [9.17, 15) is 18.0 Å². The van der Waals surface area contributed by atoms with E-state index in [0.717, 1.165) is 88.5 Å². The van der Waals surface area contributed by atoms with E-state index >= 15 is 0 Å². The number of halogens is 1. The number of aryl methyl sites for hydroxylation is 1. The van der Waals surface area contributed by atoms with E-state index in [-0.39, 0.29) is 29.3 Å². The van der Waals surface area contributed by atoms with Gasteiger partial charge in [0.25, 0.3) is 5.91 Å². The third kappa shape index (κ3) is 7.73. The van der Waals surface area contributed by atoms with E-state index in [1.165, 1.54) is 11.1 Å². The van der Waals surface area contributed by atoms with Gasteiger partial charge in [-0.15, -0.1) is 0 Å². The fraction of sp³-hybridized carbons (Fsp3) is 0.628. The third-order valence-corrected chi connectivity index (χ3v) is 16.3. The van der Waals surface area contributed by atoms with Crippen molar-refractivity contribution in [2.24, 2.45) is 17.8 Å². The molecule has 56 heavy (non-hydrogen) atoms. The predicted molar refractivity (Wildman–Crippen MR) is 217 cm³/mol. The first-order chi connectivity index (χ1) is 26.9. The van der Waals surface area contributed by atoms with Gasteiger partial charge in [0, 0.05) is 75.0 Å². The lowest BCUT2D eigenvalue weighted by Crippen LogP contribution is -2.60. The van der Waals surface area contributed by atoms with E-state index in [1.54, 1.807) is 13.0 Å². The average molecular weight is 809 g/mol. The Labute approximate surface area is 337 Å². The number of methoxy groups -OCH3 is 1. The molecular formula is C43H57ClN4O7S. The van der Waals surface area contributed by atoms with Crippen LogP contribution in [0.5, 0.6) is 5.75 Å². The maximum Gasteiger partial charge on any atom is 0.307 e. The van der Waals surface area contributed by atoms with Crippen LogP contribution in [0.1, 0.15) is 80.3 Å². The molecule has 0 radical (unpaired) electrons. The highest BCUT2D eigenvalue weighted by Gasteiger charge is 2.50. The SMILES string of the molecule is CO[C@@]1(CN2CCN([C@@H]3CCOC(=O)C3)CC2)/C=C/C[C@H](C)[C@@H](C)S(=O)(=O)NC(=O)c2ccc3c(c2)N(C[C@@H]2CC[C@H]21)C[C@@]1(CCCc2cc(Cl)ccc21)CO3. The number of nitrogens with zero attached hydrogens (tertiary/aromatic N) is 3. The molecule has 6 aliphatic rings. The molecule has 7 atom stereocenters. The molecule has 13 heteroatoms. The summed E-state index contributed by atoms with van der Waals surface area (Å²) in [6.07, 6.45) is 11.2. The molecule has 2 aromatic rings. The Morgan fingerprint density at radius 2 is 1.84 bits per heavy atom. The number of esters is 1. The molecule has 2 saturated heterocycles. The van der Waals surface area contributed by atoms with E-state index < -0.39 is 26.8 Å². The smallest absolute Gasteiger partial charge is 0.307 e. The average Bonchev–Trinajstić information content (AvgIpc) is 3.32. The lowest BCUT2D eigenvalue weighted by atomic mass is 9.63. The number of allylic oxidation sites excluding steroid dienone is 1. The maximum absolute atomic E-state index is 13.7. The van der Waals surface area contributed by atoms with Crippen LogP contribution in [0.3, 0.4) is 0 Å². The fourth-order valence-electron chi connectivity index (χ4n) is 10.4. The quantitative estimate of drug-likeness (QED) is 0.310. The van der Waals surface area contributed by atoms with Crippen molar-refractivity contribution in [3.05, 3.63) is 70.3 Å². The van der Waals surface area contributed by atoms with Crippen LogP contribution >= 0.6 is 11.6 Å². The van der Waals surface area contributed by atoms with Crippen LogP contribution < -0.4 is 14.4 Å². The van der Waals surface area contributed by atoms with E-state index in [0.29, 0.717) is 49.8 Å². The van der Waals surface area contributed by atoms with Gasteiger partial charge in [-0.1, -0.05) is 36.7 Å². The zero-order chi connectivity index (χ0) is 39.2. The van der Waals surface area contributed by atoms with Crippen LogP contribution in [0.25, 0.3) is 0 Å². The molecule has 1 N–H and O–H groups in total. The van der Waals surface area contributed by atoms with Gasteiger partial charge in [-0.25, -0.2) is 13.1 Å². The van der Waals surface area contributed by atoms with E-state index in [2.05, 4.69) is 43.7 Å². The summed E-state index contributed by atoms with van der Waals surface area (Å²) in [4.78, 5) is 33.1. The minimum absolute atomic E-state index is 0.106. The van der Waals surface area contributed by atoms with Crippen molar-refractivity contribution >= 4 is 39.2 Å². The topological polar surface area (TPSA) is 118 Å².